The Hall–Kier alpha value is -2.09. The molecule has 2 rings (SSSR count). The van der Waals surface area contributed by atoms with E-state index in [4.69, 9.17) is 14.6 Å². The van der Waals surface area contributed by atoms with Gasteiger partial charge >= 0.3 is 5.97 Å². The summed E-state index contributed by atoms with van der Waals surface area (Å²) in [4.78, 5) is 10.6. The summed E-state index contributed by atoms with van der Waals surface area (Å²) in [5, 5.41) is 8.73. The van der Waals surface area contributed by atoms with Crippen molar-refractivity contribution in [2.24, 2.45) is 0 Å². The third-order valence-electron chi connectivity index (χ3n) is 3.08. The van der Waals surface area contributed by atoms with E-state index in [-0.39, 0.29) is 12.4 Å². The Labute approximate surface area is 153 Å². The number of carboxylic acids is 1. The topological polar surface area (TPSA) is 55.8 Å². The smallest absolute Gasteiger partial charge is 0.328 e. The Balaban J connectivity index is 2.27. The molecule has 0 saturated carbocycles. The first-order valence-corrected chi connectivity index (χ1v) is 8.32. The van der Waals surface area contributed by atoms with E-state index < -0.39 is 5.97 Å². The Morgan fingerprint density at radius 3 is 2.71 bits per heavy atom. The average molecular weight is 442 g/mol. The van der Waals surface area contributed by atoms with Gasteiger partial charge in [0.2, 0.25) is 0 Å². The van der Waals surface area contributed by atoms with Crippen LogP contribution in [-0.2, 0) is 11.4 Å². The molecule has 1 N–H and O–H groups in total. The van der Waals surface area contributed by atoms with Gasteiger partial charge in [-0.3, -0.25) is 0 Å². The van der Waals surface area contributed by atoms with Gasteiger partial charge in [0.25, 0.3) is 0 Å². The number of hydrogen-bond acceptors (Lipinski definition) is 3. The van der Waals surface area contributed by atoms with Gasteiger partial charge in [-0.25, -0.2) is 9.18 Å². The summed E-state index contributed by atoms with van der Waals surface area (Å²) in [6, 6.07) is 9.88. The lowest BCUT2D eigenvalue weighted by atomic mass is 10.2. The first kappa shape index (κ1) is 18.3. The maximum Gasteiger partial charge on any atom is 0.328 e. The van der Waals surface area contributed by atoms with Crippen molar-refractivity contribution in [3.8, 4) is 11.5 Å². The Bertz CT molecular complexity index is 759. The second-order valence-electron chi connectivity index (χ2n) is 4.81. The minimum absolute atomic E-state index is 0.0764. The molecule has 126 valence electrons. The fourth-order valence-electron chi connectivity index (χ4n) is 2.02. The molecule has 0 saturated heterocycles. The summed E-state index contributed by atoms with van der Waals surface area (Å²) in [5.74, 6) is -0.353. The van der Waals surface area contributed by atoms with Gasteiger partial charge < -0.3 is 14.6 Å². The Morgan fingerprint density at radius 2 is 2.04 bits per heavy atom. The summed E-state index contributed by atoms with van der Waals surface area (Å²) >= 11 is 2.08. The third-order valence-corrected chi connectivity index (χ3v) is 3.88. The van der Waals surface area contributed by atoms with Crippen LogP contribution in [0.1, 0.15) is 18.1 Å². The van der Waals surface area contributed by atoms with Crippen LogP contribution >= 0.6 is 22.6 Å². The molecule has 0 amide bonds. The highest BCUT2D eigenvalue weighted by Crippen LogP contribution is 2.35. The average Bonchev–Trinajstić information content (AvgIpc) is 2.54. The van der Waals surface area contributed by atoms with E-state index >= 15 is 0 Å². The second kappa shape index (κ2) is 8.68. The molecule has 0 bridgehead atoms. The molecule has 0 unspecified atom stereocenters. The Morgan fingerprint density at radius 1 is 1.29 bits per heavy atom. The van der Waals surface area contributed by atoms with Gasteiger partial charge in [-0.15, -0.1) is 0 Å². The zero-order valence-electron chi connectivity index (χ0n) is 13.0. The SMILES string of the molecule is CCOc1cc(/C=C/C(=O)O)cc(I)c1OCc1ccccc1F. The van der Waals surface area contributed by atoms with E-state index in [2.05, 4.69) is 22.6 Å². The number of aliphatic carboxylic acids is 1. The molecule has 0 aliphatic carbocycles. The number of carbonyl (C=O) groups is 1. The second-order valence-corrected chi connectivity index (χ2v) is 5.98. The molecular weight excluding hydrogens is 426 g/mol. The summed E-state index contributed by atoms with van der Waals surface area (Å²) in [5.41, 5.74) is 1.13. The van der Waals surface area contributed by atoms with Crippen LogP contribution in [0.3, 0.4) is 0 Å². The van der Waals surface area contributed by atoms with Crippen LogP contribution < -0.4 is 9.47 Å². The van der Waals surface area contributed by atoms with E-state index in [9.17, 15) is 9.18 Å². The molecular formula is C18H16FIO4. The highest BCUT2D eigenvalue weighted by Gasteiger charge is 2.13. The fourth-order valence-corrected chi connectivity index (χ4v) is 2.80. The number of carboxylic acid groups (broad SMARTS) is 1. The van der Waals surface area contributed by atoms with Crippen LogP contribution in [-0.4, -0.2) is 17.7 Å². The quantitative estimate of drug-likeness (QED) is 0.507. The standard InChI is InChI=1S/C18H16FIO4/c1-2-23-16-10-12(7-8-17(21)22)9-15(20)18(16)24-11-13-5-3-4-6-14(13)19/h3-10H,2,11H2,1H3,(H,21,22)/b8-7+. The fraction of sp³-hybridized carbons (Fsp3) is 0.167. The predicted octanol–water partition coefficient (Wildman–Crippen LogP) is 4.51. The molecule has 0 spiro atoms. The van der Waals surface area contributed by atoms with Gasteiger partial charge in [-0.2, -0.15) is 0 Å². The van der Waals surface area contributed by atoms with Gasteiger partial charge in [-0.1, -0.05) is 18.2 Å². The van der Waals surface area contributed by atoms with Crippen molar-refractivity contribution in [1.29, 1.82) is 0 Å². The van der Waals surface area contributed by atoms with E-state index in [1.165, 1.54) is 12.1 Å². The highest BCUT2D eigenvalue weighted by molar-refractivity contribution is 14.1. The molecule has 6 heteroatoms. The van der Waals surface area contributed by atoms with E-state index in [0.717, 1.165) is 9.65 Å². The molecule has 0 fully saturated rings. The molecule has 0 aliphatic heterocycles. The van der Waals surface area contributed by atoms with Gasteiger partial charge in [0.1, 0.15) is 12.4 Å². The van der Waals surface area contributed by atoms with Crippen molar-refractivity contribution in [3.63, 3.8) is 0 Å². The number of benzene rings is 2. The van der Waals surface area contributed by atoms with Crippen molar-refractivity contribution < 1.29 is 23.8 Å². The zero-order chi connectivity index (χ0) is 17.5. The molecule has 0 heterocycles. The van der Waals surface area contributed by atoms with Crippen LogP contribution in [0.2, 0.25) is 0 Å². The number of rotatable bonds is 7. The predicted molar refractivity (Wildman–Crippen MR) is 97.7 cm³/mol. The molecule has 0 aromatic heterocycles. The maximum atomic E-state index is 13.7. The molecule has 0 radical (unpaired) electrons. The van der Waals surface area contributed by atoms with Crippen molar-refractivity contribution in [2.75, 3.05) is 6.61 Å². The minimum atomic E-state index is -1.03. The van der Waals surface area contributed by atoms with Crippen molar-refractivity contribution >= 4 is 34.6 Å². The summed E-state index contributed by atoms with van der Waals surface area (Å²) in [6.45, 7) is 2.35. The lowest BCUT2D eigenvalue weighted by molar-refractivity contribution is -0.131. The third kappa shape index (κ3) is 4.95. The van der Waals surface area contributed by atoms with E-state index in [0.29, 0.717) is 29.2 Å². The summed E-state index contributed by atoms with van der Waals surface area (Å²) < 4.78 is 25.8. The highest BCUT2D eigenvalue weighted by atomic mass is 127. The number of ether oxygens (including phenoxy) is 2. The molecule has 0 atom stereocenters. The molecule has 0 aliphatic rings. The Kier molecular flexibility index (Phi) is 6.60. The van der Waals surface area contributed by atoms with E-state index in [1.807, 2.05) is 6.92 Å². The van der Waals surface area contributed by atoms with Gasteiger partial charge in [0.05, 0.1) is 10.2 Å². The first-order valence-electron chi connectivity index (χ1n) is 7.24. The maximum absolute atomic E-state index is 13.7. The monoisotopic (exact) mass is 442 g/mol. The van der Waals surface area contributed by atoms with Crippen LogP contribution in [0.5, 0.6) is 11.5 Å². The molecule has 2 aromatic carbocycles. The summed E-state index contributed by atoms with van der Waals surface area (Å²) in [6.07, 6.45) is 2.54. The van der Waals surface area contributed by atoms with Crippen molar-refractivity contribution in [2.45, 2.75) is 13.5 Å². The first-order chi connectivity index (χ1) is 11.5. The molecule has 2 aromatic rings. The number of halogens is 2. The lowest BCUT2D eigenvalue weighted by Gasteiger charge is -2.15. The van der Waals surface area contributed by atoms with Gasteiger partial charge in [0, 0.05) is 11.6 Å². The van der Waals surface area contributed by atoms with E-state index in [1.54, 1.807) is 30.3 Å². The molecule has 4 nitrogen and oxygen atoms in total. The van der Waals surface area contributed by atoms with Crippen LogP contribution in [0.4, 0.5) is 4.39 Å². The van der Waals surface area contributed by atoms with Crippen LogP contribution in [0.15, 0.2) is 42.5 Å². The lowest BCUT2D eigenvalue weighted by Crippen LogP contribution is -2.03. The van der Waals surface area contributed by atoms with Gasteiger partial charge in [0.15, 0.2) is 11.5 Å². The molecule has 24 heavy (non-hydrogen) atoms. The van der Waals surface area contributed by atoms with Crippen molar-refractivity contribution in [3.05, 3.63) is 63.0 Å². The van der Waals surface area contributed by atoms with Gasteiger partial charge in [-0.05, 0) is 59.4 Å². The normalized spacial score (nSPS) is 10.8. The van der Waals surface area contributed by atoms with Crippen LogP contribution in [0.25, 0.3) is 6.08 Å². The minimum Gasteiger partial charge on any atom is -0.490 e. The van der Waals surface area contributed by atoms with Crippen molar-refractivity contribution in [1.82, 2.24) is 0 Å². The largest absolute Gasteiger partial charge is 0.490 e. The zero-order valence-corrected chi connectivity index (χ0v) is 15.1. The number of hydrogen-bond donors (Lipinski definition) is 1. The summed E-state index contributed by atoms with van der Waals surface area (Å²) in [7, 11) is 0. The van der Waals surface area contributed by atoms with Crippen LogP contribution in [0, 0.1) is 9.39 Å².